The molecular weight excluding hydrogens is 324 g/mol. The standard InChI is InChI=1S/C21H22N4O/c1-4-5-15-6-8-16(9-7-15)21-18-12-17(26-3)10-11-19(18)25-14(2)23-24-20(25)13-22-21/h6-12H,4-5,13H2,1-3H3. The van der Waals surface area contributed by atoms with E-state index in [1.807, 2.05) is 19.1 Å². The molecule has 0 fully saturated rings. The first-order chi connectivity index (χ1) is 12.7. The third-order valence-corrected chi connectivity index (χ3v) is 4.74. The van der Waals surface area contributed by atoms with Gasteiger partial charge in [0.25, 0.3) is 0 Å². The smallest absolute Gasteiger partial charge is 0.159 e. The van der Waals surface area contributed by atoms with Gasteiger partial charge in [0.1, 0.15) is 18.1 Å². The van der Waals surface area contributed by atoms with Gasteiger partial charge in [-0.2, -0.15) is 0 Å². The van der Waals surface area contributed by atoms with Gasteiger partial charge in [-0.1, -0.05) is 37.6 Å². The second-order valence-corrected chi connectivity index (χ2v) is 6.49. The minimum Gasteiger partial charge on any atom is -0.497 e. The summed E-state index contributed by atoms with van der Waals surface area (Å²) < 4.78 is 7.54. The Balaban J connectivity index is 1.87. The lowest BCUT2D eigenvalue weighted by Gasteiger charge is -2.14. The topological polar surface area (TPSA) is 52.3 Å². The number of hydrogen-bond donors (Lipinski definition) is 0. The summed E-state index contributed by atoms with van der Waals surface area (Å²) in [6, 6.07) is 14.8. The number of fused-ring (bicyclic) bond motifs is 3. The van der Waals surface area contributed by atoms with Crippen LogP contribution in [0.25, 0.3) is 5.69 Å². The summed E-state index contributed by atoms with van der Waals surface area (Å²) in [6.07, 6.45) is 2.24. The van der Waals surface area contributed by atoms with E-state index >= 15 is 0 Å². The molecule has 0 unspecified atom stereocenters. The molecule has 0 atom stereocenters. The van der Waals surface area contributed by atoms with Crippen LogP contribution in [0.3, 0.4) is 0 Å². The van der Waals surface area contributed by atoms with E-state index < -0.39 is 0 Å². The van der Waals surface area contributed by atoms with Crippen molar-refractivity contribution in [2.45, 2.75) is 33.2 Å². The second kappa shape index (κ2) is 6.75. The third kappa shape index (κ3) is 2.79. The van der Waals surface area contributed by atoms with Crippen molar-refractivity contribution < 1.29 is 4.74 Å². The zero-order valence-electron chi connectivity index (χ0n) is 15.4. The summed E-state index contributed by atoms with van der Waals surface area (Å²) in [5, 5.41) is 8.52. The highest BCUT2D eigenvalue weighted by Crippen LogP contribution is 2.29. The van der Waals surface area contributed by atoms with E-state index in [0.717, 1.165) is 52.8 Å². The molecule has 1 aliphatic heterocycles. The third-order valence-electron chi connectivity index (χ3n) is 4.74. The molecule has 0 saturated carbocycles. The zero-order valence-corrected chi connectivity index (χ0v) is 15.4. The van der Waals surface area contributed by atoms with E-state index in [9.17, 15) is 0 Å². The summed E-state index contributed by atoms with van der Waals surface area (Å²) in [6.45, 7) is 4.67. The first kappa shape index (κ1) is 16.5. The van der Waals surface area contributed by atoms with Gasteiger partial charge in [-0.05, 0) is 37.1 Å². The van der Waals surface area contributed by atoms with Crippen molar-refractivity contribution in [3.05, 3.63) is 70.8 Å². The van der Waals surface area contributed by atoms with Crippen LogP contribution in [0.2, 0.25) is 0 Å². The lowest BCUT2D eigenvalue weighted by Crippen LogP contribution is -2.08. The van der Waals surface area contributed by atoms with Crippen LogP contribution in [0.4, 0.5) is 0 Å². The van der Waals surface area contributed by atoms with Crippen LogP contribution in [0.1, 0.15) is 41.7 Å². The Morgan fingerprint density at radius 2 is 1.88 bits per heavy atom. The molecule has 1 aromatic heterocycles. The molecule has 2 aromatic carbocycles. The van der Waals surface area contributed by atoms with Gasteiger partial charge in [-0.3, -0.25) is 9.56 Å². The van der Waals surface area contributed by atoms with Crippen LogP contribution in [0.5, 0.6) is 5.75 Å². The quantitative estimate of drug-likeness (QED) is 0.720. The maximum Gasteiger partial charge on any atom is 0.159 e. The van der Waals surface area contributed by atoms with Gasteiger partial charge in [0.05, 0.1) is 18.5 Å². The number of rotatable bonds is 4. The Labute approximate surface area is 153 Å². The Morgan fingerprint density at radius 1 is 1.08 bits per heavy atom. The van der Waals surface area contributed by atoms with Crippen molar-refractivity contribution in [2.24, 2.45) is 4.99 Å². The summed E-state index contributed by atoms with van der Waals surface area (Å²) in [7, 11) is 1.68. The number of hydrogen-bond acceptors (Lipinski definition) is 4. The lowest BCUT2D eigenvalue weighted by molar-refractivity contribution is 0.414. The Morgan fingerprint density at radius 3 is 2.62 bits per heavy atom. The largest absolute Gasteiger partial charge is 0.497 e. The fraction of sp³-hybridized carbons (Fsp3) is 0.286. The fourth-order valence-electron chi connectivity index (χ4n) is 3.45. The molecule has 132 valence electrons. The van der Waals surface area contributed by atoms with Gasteiger partial charge in [-0.15, -0.1) is 10.2 Å². The molecular formula is C21H22N4O. The molecule has 5 nitrogen and oxygen atoms in total. The van der Waals surface area contributed by atoms with E-state index in [-0.39, 0.29) is 0 Å². The van der Waals surface area contributed by atoms with Gasteiger partial charge in [0.15, 0.2) is 5.82 Å². The molecule has 0 saturated heterocycles. The molecule has 0 amide bonds. The first-order valence-electron chi connectivity index (χ1n) is 8.94. The van der Waals surface area contributed by atoms with E-state index in [1.54, 1.807) is 7.11 Å². The molecule has 3 aromatic rings. The average molecular weight is 346 g/mol. The fourth-order valence-corrected chi connectivity index (χ4v) is 3.45. The van der Waals surface area contributed by atoms with Gasteiger partial charge in [0.2, 0.25) is 0 Å². The average Bonchev–Trinajstić information content (AvgIpc) is 2.95. The van der Waals surface area contributed by atoms with Crippen LogP contribution in [0.15, 0.2) is 47.5 Å². The number of aliphatic imine (C=N–C) groups is 1. The first-order valence-corrected chi connectivity index (χ1v) is 8.94. The molecule has 26 heavy (non-hydrogen) atoms. The van der Waals surface area contributed by atoms with Crippen LogP contribution in [0, 0.1) is 6.92 Å². The van der Waals surface area contributed by atoms with Crippen molar-refractivity contribution in [3.8, 4) is 11.4 Å². The van der Waals surface area contributed by atoms with Gasteiger partial charge in [0, 0.05) is 11.1 Å². The normalized spacial score (nSPS) is 12.8. The van der Waals surface area contributed by atoms with Gasteiger partial charge < -0.3 is 4.74 Å². The predicted octanol–water partition coefficient (Wildman–Crippen LogP) is 3.89. The van der Waals surface area contributed by atoms with E-state index in [1.165, 1.54) is 5.56 Å². The number of aryl methyl sites for hydroxylation is 2. The molecule has 2 heterocycles. The van der Waals surface area contributed by atoms with Crippen molar-refractivity contribution in [3.63, 3.8) is 0 Å². The highest BCUT2D eigenvalue weighted by Gasteiger charge is 2.22. The number of ether oxygens (including phenoxy) is 1. The molecule has 0 spiro atoms. The molecule has 0 N–H and O–H groups in total. The molecule has 4 rings (SSSR count). The van der Waals surface area contributed by atoms with Crippen LogP contribution >= 0.6 is 0 Å². The molecule has 0 radical (unpaired) electrons. The highest BCUT2D eigenvalue weighted by atomic mass is 16.5. The summed E-state index contributed by atoms with van der Waals surface area (Å²) >= 11 is 0. The predicted molar refractivity (Wildman–Crippen MR) is 102 cm³/mol. The summed E-state index contributed by atoms with van der Waals surface area (Å²) in [5.41, 5.74) is 5.50. The van der Waals surface area contributed by atoms with Crippen molar-refractivity contribution in [1.82, 2.24) is 14.8 Å². The van der Waals surface area contributed by atoms with Crippen LogP contribution in [-0.4, -0.2) is 27.6 Å². The van der Waals surface area contributed by atoms with Crippen LogP contribution < -0.4 is 4.74 Å². The highest BCUT2D eigenvalue weighted by molar-refractivity contribution is 6.15. The van der Waals surface area contributed by atoms with Crippen molar-refractivity contribution in [2.75, 3.05) is 7.11 Å². The Kier molecular flexibility index (Phi) is 4.29. The summed E-state index contributed by atoms with van der Waals surface area (Å²) in [5.74, 6) is 2.53. The lowest BCUT2D eigenvalue weighted by atomic mass is 9.98. The number of nitrogens with zero attached hydrogens (tertiary/aromatic N) is 4. The van der Waals surface area contributed by atoms with Gasteiger partial charge >= 0.3 is 0 Å². The van der Waals surface area contributed by atoms with E-state index in [0.29, 0.717) is 6.54 Å². The molecule has 0 aliphatic carbocycles. The second-order valence-electron chi connectivity index (χ2n) is 6.49. The van der Waals surface area contributed by atoms with Gasteiger partial charge in [-0.25, -0.2) is 0 Å². The van der Waals surface area contributed by atoms with Crippen molar-refractivity contribution >= 4 is 5.71 Å². The molecule has 1 aliphatic rings. The molecule has 0 bridgehead atoms. The number of aromatic nitrogens is 3. The zero-order chi connectivity index (χ0) is 18.1. The van der Waals surface area contributed by atoms with Crippen LogP contribution in [-0.2, 0) is 13.0 Å². The number of benzene rings is 2. The number of methoxy groups -OCH3 is 1. The molecule has 5 heteroatoms. The minimum atomic E-state index is 0.504. The van der Waals surface area contributed by atoms with E-state index in [2.05, 4.69) is 52.0 Å². The Hall–Kier alpha value is -2.95. The van der Waals surface area contributed by atoms with E-state index in [4.69, 9.17) is 9.73 Å². The SMILES string of the molecule is CCCc1ccc(C2=NCc3nnc(C)n3-c3ccc(OC)cc32)cc1. The maximum absolute atomic E-state index is 5.46. The summed E-state index contributed by atoms with van der Waals surface area (Å²) in [4.78, 5) is 4.88. The maximum atomic E-state index is 5.46. The minimum absolute atomic E-state index is 0.504. The Bertz CT molecular complexity index is 970. The monoisotopic (exact) mass is 346 g/mol. The van der Waals surface area contributed by atoms with Crippen molar-refractivity contribution in [1.29, 1.82) is 0 Å².